The number of halogens is 1. The monoisotopic (exact) mass is 256 g/mol. The number of carbonyl (C=O) groups excluding carboxylic acids is 1. The molecule has 0 bridgehead atoms. The Labute approximate surface area is 104 Å². The van der Waals surface area contributed by atoms with E-state index in [1.54, 1.807) is 25.1 Å². The largest absolute Gasteiger partial charge is 0.480 e. The molecule has 0 aliphatic carbocycles. The average molecular weight is 257 g/mol. The number of rotatable bonds is 4. The Morgan fingerprint density at radius 3 is 2.59 bits per heavy atom. The van der Waals surface area contributed by atoms with Crippen LogP contribution in [0.3, 0.4) is 0 Å². The summed E-state index contributed by atoms with van der Waals surface area (Å²) in [6, 6.07) is 3.75. The zero-order valence-electron chi connectivity index (χ0n) is 9.45. The van der Waals surface area contributed by atoms with Crippen molar-refractivity contribution in [3.8, 4) is 0 Å². The van der Waals surface area contributed by atoms with E-state index < -0.39 is 17.9 Å². The Kier molecular flexibility index (Phi) is 4.48. The van der Waals surface area contributed by atoms with Crippen LogP contribution in [-0.4, -0.2) is 30.1 Å². The molecule has 0 aliphatic rings. The minimum absolute atomic E-state index is 0.504. The SMILES string of the molecule is CNC(C(=O)O)C(=O)Nc1cccc(Cl)c1C. The molecule has 5 nitrogen and oxygen atoms in total. The molecule has 0 radical (unpaired) electrons. The van der Waals surface area contributed by atoms with E-state index in [9.17, 15) is 9.59 Å². The fourth-order valence-corrected chi connectivity index (χ4v) is 1.49. The van der Waals surface area contributed by atoms with E-state index in [4.69, 9.17) is 16.7 Å². The van der Waals surface area contributed by atoms with Crippen molar-refractivity contribution < 1.29 is 14.7 Å². The number of nitrogens with one attached hydrogen (secondary N) is 2. The number of hydrogen-bond donors (Lipinski definition) is 3. The normalized spacial score (nSPS) is 11.9. The van der Waals surface area contributed by atoms with Gasteiger partial charge in [0, 0.05) is 10.7 Å². The number of likely N-dealkylation sites (N-methyl/N-ethyl adjacent to an activating group) is 1. The van der Waals surface area contributed by atoms with Gasteiger partial charge in [0.2, 0.25) is 0 Å². The number of anilines is 1. The highest BCUT2D eigenvalue weighted by Gasteiger charge is 2.24. The summed E-state index contributed by atoms with van der Waals surface area (Å²) in [5.74, 6) is -1.87. The maximum Gasteiger partial charge on any atom is 0.330 e. The van der Waals surface area contributed by atoms with Gasteiger partial charge in [0.25, 0.3) is 5.91 Å². The molecule has 6 heteroatoms. The second kappa shape index (κ2) is 5.65. The summed E-state index contributed by atoms with van der Waals surface area (Å²) in [5, 5.41) is 14.2. The summed E-state index contributed by atoms with van der Waals surface area (Å²) in [7, 11) is 1.41. The maximum absolute atomic E-state index is 11.7. The summed E-state index contributed by atoms with van der Waals surface area (Å²) in [5.41, 5.74) is 1.20. The van der Waals surface area contributed by atoms with Gasteiger partial charge in [-0.3, -0.25) is 10.1 Å². The summed E-state index contributed by atoms with van der Waals surface area (Å²) in [6.07, 6.45) is 0. The Morgan fingerprint density at radius 1 is 1.41 bits per heavy atom. The Balaban J connectivity index is 2.88. The second-order valence-electron chi connectivity index (χ2n) is 3.46. The van der Waals surface area contributed by atoms with E-state index in [2.05, 4.69) is 10.6 Å². The third-order valence-corrected chi connectivity index (χ3v) is 2.73. The molecule has 1 unspecified atom stereocenters. The predicted molar refractivity (Wildman–Crippen MR) is 65.3 cm³/mol. The first-order chi connectivity index (χ1) is 7.97. The lowest BCUT2D eigenvalue weighted by atomic mass is 10.2. The molecule has 0 fully saturated rings. The summed E-state index contributed by atoms with van der Waals surface area (Å²) in [6.45, 7) is 1.74. The Hall–Kier alpha value is -1.59. The first-order valence-electron chi connectivity index (χ1n) is 4.93. The number of benzene rings is 1. The van der Waals surface area contributed by atoms with Crippen LogP contribution in [0.2, 0.25) is 5.02 Å². The molecule has 92 valence electrons. The highest BCUT2D eigenvalue weighted by atomic mass is 35.5. The number of carboxylic acids is 1. The van der Waals surface area contributed by atoms with E-state index in [1.165, 1.54) is 7.05 Å². The average Bonchev–Trinajstić information content (AvgIpc) is 2.25. The molecule has 0 saturated carbocycles. The van der Waals surface area contributed by atoms with Crippen LogP contribution in [0.25, 0.3) is 0 Å². The first-order valence-corrected chi connectivity index (χ1v) is 5.31. The third kappa shape index (κ3) is 3.18. The molecule has 0 spiro atoms. The number of amides is 1. The van der Waals surface area contributed by atoms with Gasteiger partial charge in [-0.05, 0) is 31.7 Å². The van der Waals surface area contributed by atoms with Crippen molar-refractivity contribution in [1.82, 2.24) is 5.32 Å². The van der Waals surface area contributed by atoms with Gasteiger partial charge in [0.05, 0.1) is 0 Å². The van der Waals surface area contributed by atoms with Crippen LogP contribution >= 0.6 is 11.6 Å². The van der Waals surface area contributed by atoms with Crippen LogP contribution in [0.4, 0.5) is 5.69 Å². The van der Waals surface area contributed by atoms with Crippen molar-refractivity contribution in [3.63, 3.8) is 0 Å². The van der Waals surface area contributed by atoms with Crippen molar-refractivity contribution in [2.24, 2.45) is 0 Å². The minimum atomic E-state index is -1.28. The van der Waals surface area contributed by atoms with Gasteiger partial charge in [0.1, 0.15) is 0 Å². The van der Waals surface area contributed by atoms with Crippen LogP contribution in [0.5, 0.6) is 0 Å². The Morgan fingerprint density at radius 2 is 2.06 bits per heavy atom. The summed E-state index contributed by atoms with van der Waals surface area (Å²) in [4.78, 5) is 22.4. The molecule has 17 heavy (non-hydrogen) atoms. The van der Waals surface area contributed by atoms with Crippen molar-refractivity contribution in [2.75, 3.05) is 12.4 Å². The van der Waals surface area contributed by atoms with Crippen LogP contribution in [0.15, 0.2) is 18.2 Å². The van der Waals surface area contributed by atoms with Crippen LogP contribution in [0, 0.1) is 6.92 Å². The summed E-state index contributed by atoms with van der Waals surface area (Å²) < 4.78 is 0. The lowest BCUT2D eigenvalue weighted by Crippen LogP contribution is -2.44. The number of aliphatic carboxylic acids is 1. The molecule has 1 rings (SSSR count). The lowest BCUT2D eigenvalue weighted by molar-refractivity contribution is -0.142. The first kappa shape index (κ1) is 13.5. The van der Waals surface area contributed by atoms with Gasteiger partial charge in [-0.15, -0.1) is 0 Å². The van der Waals surface area contributed by atoms with Gasteiger partial charge < -0.3 is 10.4 Å². The smallest absolute Gasteiger partial charge is 0.330 e. The molecule has 0 aromatic heterocycles. The maximum atomic E-state index is 11.7. The van der Waals surface area contributed by atoms with Crippen LogP contribution in [0.1, 0.15) is 5.56 Å². The zero-order valence-corrected chi connectivity index (χ0v) is 10.2. The highest BCUT2D eigenvalue weighted by molar-refractivity contribution is 6.31. The highest BCUT2D eigenvalue weighted by Crippen LogP contribution is 2.22. The predicted octanol–water partition coefficient (Wildman–Crippen LogP) is 1.26. The molecule has 1 aromatic carbocycles. The molecule has 1 atom stereocenters. The molecule has 0 heterocycles. The molecule has 0 aliphatic heterocycles. The number of hydrogen-bond acceptors (Lipinski definition) is 3. The van der Waals surface area contributed by atoms with Crippen molar-refractivity contribution in [3.05, 3.63) is 28.8 Å². The molecular weight excluding hydrogens is 244 g/mol. The summed E-state index contributed by atoms with van der Waals surface area (Å²) >= 11 is 5.89. The standard InChI is InChI=1S/C11H13ClN2O3/c1-6-7(12)4-3-5-8(6)14-10(15)9(13-2)11(16)17/h3-5,9,13H,1-2H3,(H,14,15)(H,16,17). The van der Waals surface area contributed by atoms with Gasteiger partial charge >= 0.3 is 5.97 Å². The van der Waals surface area contributed by atoms with Gasteiger partial charge in [-0.2, -0.15) is 0 Å². The van der Waals surface area contributed by atoms with Crippen LogP contribution in [-0.2, 0) is 9.59 Å². The third-order valence-electron chi connectivity index (χ3n) is 2.32. The minimum Gasteiger partial charge on any atom is -0.480 e. The molecule has 0 saturated heterocycles. The van der Waals surface area contributed by atoms with Crippen LogP contribution < -0.4 is 10.6 Å². The van der Waals surface area contributed by atoms with Gasteiger partial charge in [0.15, 0.2) is 6.04 Å². The second-order valence-corrected chi connectivity index (χ2v) is 3.87. The fraction of sp³-hybridized carbons (Fsp3) is 0.273. The van der Waals surface area contributed by atoms with E-state index >= 15 is 0 Å². The van der Waals surface area contributed by atoms with E-state index in [1.807, 2.05) is 0 Å². The van der Waals surface area contributed by atoms with E-state index in [0.717, 1.165) is 0 Å². The van der Waals surface area contributed by atoms with E-state index in [-0.39, 0.29) is 0 Å². The number of carbonyl (C=O) groups is 2. The van der Waals surface area contributed by atoms with Crippen molar-refractivity contribution >= 4 is 29.2 Å². The van der Waals surface area contributed by atoms with Crippen molar-refractivity contribution in [2.45, 2.75) is 13.0 Å². The van der Waals surface area contributed by atoms with Crippen molar-refractivity contribution in [1.29, 1.82) is 0 Å². The van der Waals surface area contributed by atoms with Gasteiger partial charge in [-0.1, -0.05) is 17.7 Å². The molecule has 1 amide bonds. The lowest BCUT2D eigenvalue weighted by Gasteiger charge is -2.13. The zero-order chi connectivity index (χ0) is 13.0. The molecular formula is C11H13ClN2O3. The van der Waals surface area contributed by atoms with E-state index in [0.29, 0.717) is 16.3 Å². The van der Waals surface area contributed by atoms with Gasteiger partial charge in [-0.25, -0.2) is 4.79 Å². The fourth-order valence-electron chi connectivity index (χ4n) is 1.31. The quantitative estimate of drug-likeness (QED) is 0.709. The Bertz CT molecular complexity index is 448. The molecule has 3 N–H and O–H groups in total. The molecule has 1 aromatic rings. The number of carboxylic acid groups (broad SMARTS) is 1. The topological polar surface area (TPSA) is 78.4 Å².